The number of ether oxygens (including phenoxy) is 1. The zero-order chi connectivity index (χ0) is 24.3. The summed E-state index contributed by atoms with van der Waals surface area (Å²) in [7, 11) is 0. The lowest BCUT2D eigenvalue weighted by molar-refractivity contribution is -0.129. The summed E-state index contributed by atoms with van der Waals surface area (Å²) < 4.78 is 14.2. The van der Waals surface area contributed by atoms with Gasteiger partial charge in [0.2, 0.25) is 11.9 Å². The van der Waals surface area contributed by atoms with Crippen LogP contribution < -0.4 is 9.64 Å². The molecule has 0 spiro atoms. The third-order valence-electron chi connectivity index (χ3n) is 7.15. The average molecular weight is 473 g/mol. The maximum Gasteiger partial charge on any atom is 0.219 e. The summed E-state index contributed by atoms with van der Waals surface area (Å²) in [4.78, 5) is 26.0. The summed E-state index contributed by atoms with van der Waals surface area (Å²) in [5, 5.41) is 4.16. The van der Waals surface area contributed by atoms with E-state index in [1.165, 1.54) is 0 Å². The second-order valence-electron chi connectivity index (χ2n) is 9.38. The van der Waals surface area contributed by atoms with Crippen LogP contribution in [-0.4, -0.2) is 62.8 Å². The Kier molecular flexibility index (Phi) is 5.01. The fourth-order valence-corrected chi connectivity index (χ4v) is 5.42. The van der Waals surface area contributed by atoms with Crippen molar-refractivity contribution in [2.75, 3.05) is 31.1 Å². The van der Waals surface area contributed by atoms with Gasteiger partial charge in [-0.3, -0.25) is 14.3 Å². The molecular formula is C26H28N6O3. The number of pyridine rings is 1. The number of nitrogens with zero attached hydrogens (tertiary/aromatic N) is 6. The van der Waals surface area contributed by atoms with Crippen molar-refractivity contribution in [3.8, 4) is 16.9 Å². The summed E-state index contributed by atoms with van der Waals surface area (Å²) in [6, 6.07) is 10.0. The van der Waals surface area contributed by atoms with Crippen LogP contribution in [0, 0.1) is 13.8 Å². The molecule has 9 nitrogen and oxygen atoms in total. The minimum absolute atomic E-state index is 0.109. The monoisotopic (exact) mass is 472 g/mol. The van der Waals surface area contributed by atoms with Crippen LogP contribution in [0.2, 0.25) is 0 Å². The first kappa shape index (κ1) is 21.6. The van der Waals surface area contributed by atoms with Crippen LogP contribution in [0.4, 0.5) is 5.95 Å². The molecule has 1 saturated heterocycles. The normalized spacial score (nSPS) is 19.8. The molecule has 5 heterocycles. The molecule has 6 rings (SSSR count). The summed E-state index contributed by atoms with van der Waals surface area (Å²) in [6.45, 7) is 10.1. The lowest BCUT2D eigenvalue weighted by Gasteiger charge is -2.41. The van der Waals surface area contributed by atoms with Crippen molar-refractivity contribution in [2.24, 2.45) is 0 Å². The molecule has 2 aliphatic rings. The summed E-state index contributed by atoms with van der Waals surface area (Å²) in [5.74, 6) is 2.54. The third-order valence-corrected chi connectivity index (χ3v) is 7.15. The molecule has 1 amide bonds. The van der Waals surface area contributed by atoms with Crippen LogP contribution in [0.5, 0.6) is 5.75 Å². The van der Waals surface area contributed by atoms with Gasteiger partial charge in [0.25, 0.3) is 0 Å². The minimum Gasteiger partial charge on any atom is -0.488 e. The maximum atomic E-state index is 12.0. The van der Waals surface area contributed by atoms with E-state index >= 15 is 0 Å². The van der Waals surface area contributed by atoms with Crippen molar-refractivity contribution >= 4 is 22.9 Å². The molecule has 1 aromatic carbocycles. The number of carbonyl (C=O) groups excluding carboxylic acids is 1. The molecule has 2 aliphatic heterocycles. The zero-order valence-electron chi connectivity index (χ0n) is 20.4. The number of aryl methyl sites for hydroxylation is 2. The van der Waals surface area contributed by atoms with E-state index in [2.05, 4.69) is 26.5 Å². The van der Waals surface area contributed by atoms with Crippen molar-refractivity contribution in [2.45, 2.75) is 39.8 Å². The first-order chi connectivity index (χ1) is 16.9. The van der Waals surface area contributed by atoms with Gasteiger partial charge in [0.1, 0.15) is 23.9 Å². The largest absolute Gasteiger partial charge is 0.488 e. The molecule has 3 aromatic heterocycles. The van der Waals surface area contributed by atoms with Gasteiger partial charge in [-0.1, -0.05) is 11.2 Å². The van der Waals surface area contributed by atoms with Gasteiger partial charge in [-0.25, -0.2) is 4.98 Å². The molecule has 0 radical (unpaired) electrons. The zero-order valence-corrected chi connectivity index (χ0v) is 20.4. The third kappa shape index (κ3) is 3.37. The second-order valence-corrected chi connectivity index (χ2v) is 9.38. The van der Waals surface area contributed by atoms with Gasteiger partial charge in [0.05, 0.1) is 22.5 Å². The molecule has 2 atom stereocenters. The number of amides is 1. The highest BCUT2D eigenvalue weighted by Crippen LogP contribution is 2.46. The highest BCUT2D eigenvalue weighted by molar-refractivity contribution is 5.94. The molecular weight excluding hydrogens is 444 g/mol. The van der Waals surface area contributed by atoms with E-state index in [0.29, 0.717) is 26.2 Å². The molecule has 9 heteroatoms. The molecule has 0 saturated carbocycles. The first-order valence-corrected chi connectivity index (χ1v) is 12.0. The summed E-state index contributed by atoms with van der Waals surface area (Å²) in [5.41, 5.74) is 5.48. The first-order valence-electron chi connectivity index (χ1n) is 12.0. The molecule has 0 bridgehead atoms. The van der Waals surface area contributed by atoms with Gasteiger partial charge in [0.15, 0.2) is 5.75 Å². The number of hydrogen-bond donors (Lipinski definition) is 0. The summed E-state index contributed by atoms with van der Waals surface area (Å²) >= 11 is 0. The Labute approximate surface area is 203 Å². The SMILES string of the molecule is CC(=O)N1CCN(c2nc3ccc(-c4c(C)noc4C)c4c3n2[C@@H](c2ccccn2)CO4)[C@@H](C)C1. The standard InChI is InChI=1S/C26H28N6O3/c1-15-13-30(18(4)33)11-12-31(15)26-28-21-9-8-19(23-16(2)29-35-17(23)3)25-24(21)32(26)22(14-34-25)20-7-5-6-10-27-20/h5-10,15,22H,11-14H2,1-4H3/t15-,22+/m0/s1. The Balaban J connectivity index is 1.56. The maximum absolute atomic E-state index is 12.0. The average Bonchev–Trinajstić information content (AvgIpc) is 3.41. The Morgan fingerprint density at radius 1 is 1.14 bits per heavy atom. The van der Waals surface area contributed by atoms with E-state index in [0.717, 1.165) is 51.0 Å². The van der Waals surface area contributed by atoms with Gasteiger partial charge in [-0.05, 0) is 45.0 Å². The van der Waals surface area contributed by atoms with E-state index in [1.807, 2.05) is 55.3 Å². The van der Waals surface area contributed by atoms with Crippen LogP contribution in [0.15, 0.2) is 41.1 Å². The Hall–Kier alpha value is -3.88. The van der Waals surface area contributed by atoms with E-state index in [-0.39, 0.29) is 18.0 Å². The number of hydrogen-bond acceptors (Lipinski definition) is 7. The Morgan fingerprint density at radius 2 is 2.00 bits per heavy atom. The van der Waals surface area contributed by atoms with Crippen LogP contribution in [0.25, 0.3) is 22.2 Å². The lowest BCUT2D eigenvalue weighted by Crippen LogP contribution is -2.54. The van der Waals surface area contributed by atoms with Crippen molar-refractivity contribution in [3.63, 3.8) is 0 Å². The molecule has 4 aromatic rings. The minimum atomic E-state index is -0.123. The second kappa shape index (κ2) is 8.11. The predicted octanol–water partition coefficient (Wildman–Crippen LogP) is 3.74. The molecule has 0 unspecified atom stereocenters. The number of imidazole rings is 1. The van der Waals surface area contributed by atoms with E-state index < -0.39 is 0 Å². The van der Waals surface area contributed by atoms with E-state index in [4.69, 9.17) is 14.2 Å². The predicted molar refractivity (Wildman–Crippen MR) is 132 cm³/mol. The van der Waals surface area contributed by atoms with E-state index in [1.54, 1.807) is 6.92 Å². The number of anilines is 1. The molecule has 0 N–H and O–H groups in total. The topological polar surface area (TPSA) is 89.5 Å². The van der Waals surface area contributed by atoms with Crippen LogP contribution in [0.3, 0.4) is 0 Å². The number of rotatable bonds is 3. The van der Waals surface area contributed by atoms with Crippen molar-refractivity contribution < 1.29 is 14.1 Å². The van der Waals surface area contributed by atoms with Crippen molar-refractivity contribution in [1.82, 2.24) is 24.6 Å². The van der Waals surface area contributed by atoms with Gasteiger partial charge < -0.3 is 19.1 Å². The highest BCUT2D eigenvalue weighted by atomic mass is 16.5. The van der Waals surface area contributed by atoms with Crippen molar-refractivity contribution in [3.05, 3.63) is 53.7 Å². The fourth-order valence-electron chi connectivity index (χ4n) is 5.42. The van der Waals surface area contributed by atoms with Gasteiger partial charge in [-0.15, -0.1) is 0 Å². The van der Waals surface area contributed by atoms with Gasteiger partial charge >= 0.3 is 0 Å². The molecule has 180 valence electrons. The van der Waals surface area contributed by atoms with Gasteiger partial charge in [0, 0.05) is 44.4 Å². The quantitative estimate of drug-likeness (QED) is 0.449. The van der Waals surface area contributed by atoms with Crippen LogP contribution in [-0.2, 0) is 4.79 Å². The fraction of sp³-hybridized carbons (Fsp3) is 0.385. The Morgan fingerprint density at radius 3 is 2.69 bits per heavy atom. The smallest absolute Gasteiger partial charge is 0.219 e. The van der Waals surface area contributed by atoms with E-state index in [9.17, 15) is 4.79 Å². The van der Waals surface area contributed by atoms with Crippen molar-refractivity contribution in [1.29, 1.82) is 0 Å². The van der Waals surface area contributed by atoms with Crippen LogP contribution in [0.1, 0.15) is 37.0 Å². The molecule has 0 aliphatic carbocycles. The molecule has 1 fully saturated rings. The molecule has 35 heavy (non-hydrogen) atoms. The number of benzene rings is 1. The van der Waals surface area contributed by atoms with Gasteiger partial charge in [-0.2, -0.15) is 0 Å². The Bertz CT molecular complexity index is 1410. The number of aromatic nitrogens is 4. The number of piperazine rings is 1. The lowest BCUT2D eigenvalue weighted by atomic mass is 10.0. The van der Waals surface area contributed by atoms with Crippen LogP contribution >= 0.6 is 0 Å². The number of carbonyl (C=O) groups is 1. The highest BCUT2D eigenvalue weighted by Gasteiger charge is 2.36. The summed E-state index contributed by atoms with van der Waals surface area (Å²) in [6.07, 6.45) is 1.81.